The van der Waals surface area contributed by atoms with Crippen molar-refractivity contribution in [3.63, 3.8) is 0 Å². The van der Waals surface area contributed by atoms with E-state index in [1.54, 1.807) is 24.3 Å². The van der Waals surface area contributed by atoms with Crippen LogP contribution in [0.1, 0.15) is 38.7 Å². The van der Waals surface area contributed by atoms with Crippen LogP contribution in [-0.2, 0) is 21.4 Å². The molecule has 11 heteroatoms. The van der Waals surface area contributed by atoms with E-state index in [1.807, 2.05) is 18.7 Å². The molecule has 1 aliphatic carbocycles. The second-order valence-electron chi connectivity index (χ2n) is 9.77. The molecule has 1 N–H and O–H groups in total. The molecule has 0 spiro atoms. The number of nitrogens with one attached hydrogen (secondary N) is 1. The zero-order valence-electron chi connectivity index (χ0n) is 20.1. The van der Waals surface area contributed by atoms with Gasteiger partial charge in [0.15, 0.2) is 5.13 Å². The molecule has 1 saturated heterocycles. The van der Waals surface area contributed by atoms with Crippen LogP contribution < -0.4 is 5.32 Å². The Labute approximate surface area is 219 Å². The van der Waals surface area contributed by atoms with Gasteiger partial charge in [0.05, 0.1) is 20.5 Å². The number of anilines is 1. The van der Waals surface area contributed by atoms with E-state index in [-0.39, 0.29) is 34.5 Å². The van der Waals surface area contributed by atoms with Gasteiger partial charge in [0, 0.05) is 42.8 Å². The van der Waals surface area contributed by atoms with E-state index in [2.05, 4.69) is 10.3 Å². The van der Waals surface area contributed by atoms with Crippen LogP contribution in [0.3, 0.4) is 0 Å². The number of carbonyl (C=O) groups is 1. The molecule has 1 unspecified atom stereocenters. The van der Waals surface area contributed by atoms with Crippen molar-refractivity contribution in [1.29, 1.82) is 0 Å². The number of likely N-dealkylation sites (tertiary alicyclic amines) is 1. The highest BCUT2D eigenvalue weighted by molar-refractivity contribution is 7.89. The van der Waals surface area contributed by atoms with Crippen LogP contribution in [0.5, 0.6) is 0 Å². The number of rotatable bonds is 10. The molecule has 2 aliphatic rings. The number of aromatic nitrogens is 1. The van der Waals surface area contributed by atoms with Crippen LogP contribution in [0.2, 0.25) is 5.02 Å². The van der Waals surface area contributed by atoms with E-state index in [9.17, 15) is 17.6 Å². The third-order valence-corrected chi connectivity index (χ3v) is 9.97. The highest BCUT2D eigenvalue weighted by Gasteiger charge is 2.52. The van der Waals surface area contributed by atoms with Gasteiger partial charge in [-0.15, -0.1) is 0 Å². The molecule has 1 aliphatic heterocycles. The topological polar surface area (TPSA) is 82.6 Å². The third kappa shape index (κ3) is 4.71. The fourth-order valence-electron chi connectivity index (χ4n) is 4.54. The molecule has 1 atom stereocenters. The van der Waals surface area contributed by atoms with Gasteiger partial charge in [0.1, 0.15) is 5.82 Å². The lowest BCUT2D eigenvalue weighted by molar-refractivity contribution is -0.157. The van der Waals surface area contributed by atoms with Gasteiger partial charge in [-0.3, -0.25) is 4.79 Å². The van der Waals surface area contributed by atoms with Gasteiger partial charge in [-0.2, -0.15) is 4.31 Å². The smallest absolute Gasteiger partial charge is 0.243 e. The Hall–Kier alpha value is -2.27. The van der Waals surface area contributed by atoms with E-state index in [1.165, 1.54) is 27.8 Å². The number of amides is 1. The van der Waals surface area contributed by atoms with Crippen LogP contribution in [0, 0.1) is 11.2 Å². The lowest BCUT2D eigenvalue weighted by atomic mass is 9.80. The fraction of sp³-hybridized carbons (Fsp3) is 0.440. The number of hydrogen-bond donors (Lipinski definition) is 1. The summed E-state index contributed by atoms with van der Waals surface area (Å²) in [5, 5.41) is 4.11. The molecule has 1 aromatic heterocycles. The SMILES string of the molecule is CCCN(Cc1c(F)cccc1Cl)S(=O)(=O)c1ccc2sc(NCC3(C)CN(C4CC4)C3=O)nc2c1. The number of hydrogen-bond acceptors (Lipinski definition) is 6. The number of nitrogens with zero attached hydrogens (tertiary/aromatic N) is 3. The lowest BCUT2D eigenvalue weighted by Gasteiger charge is -2.47. The maximum absolute atomic E-state index is 14.4. The van der Waals surface area contributed by atoms with Crippen LogP contribution in [-0.4, -0.2) is 54.2 Å². The zero-order valence-corrected chi connectivity index (χ0v) is 22.5. The number of halogens is 2. The van der Waals surface area contributed by atoms with E-state index < -0.39 is 21.3 Å². The van der Waals surface area contributed by atoms with Crippen molar-refractivity contribution in [2.24, 2.45) is 5.41 Å². The van der Waals surface area contributed by atoms with Crippen molar-refractivity contribution in [3.05, 3.63) is 52.8 Å². The minimum atomic E-state index is -3.92. The summed E-state index contributed by atoms with van der Waals surface area (Å²) in [4.78, 5) is 19.2. The number of fused-ring (bicyclic) bond motifs is 1. The molecule has 1 saturated carbocycles. The predicted octanol–water partition coefficient (Wildman–Crippen LogP) is 5.11. The number of β-lactam (4-membered cyclic amide) rings is 1. The Morgan fingerprint density at radius 1 is 1.31 bits per heavy atom. The van der Waals surface area contributed by atoms with Gasteiger partial charge in [-0.05, 0) is 56.5 Å². The van der Waals surface area contributed by atoms with Gasteiger partial charge in [-0.25, -0.2) is 17.8 Å². The molecule has 36 heavy (non-hydrogen) atoms. The minimum Gasteiger partial charge on any atom is -0.360 e. The Morgan fingerprint density at radius 3 is 2.75 bits per heavy atom. The molecule has 5 rings (SSSR count). The van der Waals surface area contributed by atoms with E-state index in [0.29, 0.717) is 29.7 Å². The maximum Gasteiger partial charge on any atom is 0.243 e. The highest BCUT2D eigenvalue weighted by Crippen LogP contribution is 2.41. The summed E-state index contributed by atoms with van der Waals surface area (Å²) in [6, 6.07) is 9.57. The molecule has 1 amide bonds. The number of carbonyl (C=O) groups excluding carboxylic acids is 1. The van der Waals surface area contributed by atoms with Crippen LogP contribution >= 0.6 is 22.9 Å². The first kappa shape index (κ1) is 25.4. The molecule has 0 bridgehead atoms. The second-order valence-corrected chi connectivity index (χ2v) is 13.1. The third-order valence-electron chi connectivity index (χ3n) is 6.78. The van der Waals surface area contributed by atoms with Crippen molar-refractivity contribution in [3.8, 4) is 0 Å². The number of sulfonamides is 1. The largest absolute Gasteiger partial charge is 0.360 e. The highest BCUT2D eigenvalue weighted by atomic mass is 35.5. The lowest BCUT2D eigenvalue weighted by Crippen LogP contribution is -2.63. The van der Waals surface area contributed by atoms with Crippen molar-refractivity contribution in [2.75, 3.05) is 25.0 Å². The first-order chi connectivity index (χ1) is 17.1. The van der Waals surface area contributed by atoms with Gasteiger partial charge < -0.3 is 10.2 Å². The zero-order chi connectivity index (χ0) is 25.7. The average molecular weight is 551 g/mol. The molecule has 192 valence electrons. The van der Waals surface area contributed by atoms with Crippen molar-refractivity contribution >= 4 is 54.2 Å². The normalized spacial score (nSPS) is 20.2. The molecular weight excluding hydrogens is 523 g/mol. The summed E-state index contributed by atoms with van der Waals surface area (Å²) in [5.41, 5.74) is 0.259. The van der Waals surface area contributed by atoms with Crippen LogP contribution in [0.15, 0.2) is 41.3 Å². The van der Waals surface area contributed by atoms with Gasteiger partial charge >= 0.3 is 0 Å². The maximum atomic E-state index is 14.4. The van der Waals surface area contributed by atoms with Gasteiger partial charge in [-0.1, -0.05) is 35.9 Å². The molecule has 3 aromatic rings. The Kier molecular flexibility index (Phi) is 6.74. The van der Waals surface area contributed by atoms with Crippen LogP contribution in [0.4, 0.5) is 9.52 Å². The first-order valence-corrected chi connectivity index (χ1v) is 14.6. The number of thiazole rings is 1. The quantitative estimate of drug-likeness (QED) is 0.355. The summed E-state index contributed by atoms with van der Waals surface area (Å²) in [7, 11) is -3.92. The Bertz CT molecular complexity index is 1410. The summed E-state index contributed by atoms with van der Waals surface area (Å²) in [6.07, 6.45) is 2.76. The molecule has 2 fully saturated rings. The molecule has 0 radical (unpaired) electrons. The summed E-state index contributed by atoms with van der Waals surface area (Å²) in [6.45, 7) is 5.12. The van der Waals surface area contributed by atoms with E-state index in [0.717, 1.165) is 24.1 Å². The van der Waals surface area contributed by atoms with Crippen LogP contribution in [0.25, 0.3) is 10.2 Å². The first-order valence-electron chi connectivity index (χ1n) is 12.0. The summed E-state index contributed by atoms with van der Waals surface area (Å²) in [5.74, 6) is -0.360. The fourth-order valence-corrected chi connectivity index (χ4v) is 7.13. The summed E-state index contributed by atoms with van der Waals surface area (Å²) < 4.78 is 43.5. The number of benzene rings is 2. The van der Waals surface area contributed by atoms with Crippen molar-refractivity contribution in [1.82, 2.24) is 14.2 Å². The predicted molar refractivity (Wildman–Crippen MR) is 140 cm³/mol. The monoisotopic (exact) mass is 550 g/mol. The summed E-state index contributed by atoms with van der Waals surface area (Å²) >= 11 is 7.58. The average Bonchev–Trinajstić information content (AvgIpc) is 3.60. The standard InChI is InChI=1S/C25H28ClFN4O3S2/c1-3-11-30(13-18-19(26)5-4-6-20(18)27)36(33,34)17-9-10-22-21(12-17)29-24(35-22)28-14-25(2)15-31(23(25)32)16-7-8-16/h4-6,9-10,12,16H,3,7-8,11,13-15H2,1-2H3,(H,28,29). The molecule has 2 aromatic carbocycles. The molecule has 2 heterocycles. The van der Waals surface area contributed by atoms with E-state index >= 15 is 0 Å². The van der Waals surface area contributed by atoms with E-state index in [4.69, 9.17) is 11.6 Å². The van der Waals surface area contributed by atoms with Crippen molar-refractivity contribution < 1.29 is 17.6 Å². The molecule has 7 nitrogen and oxygen atoms in total. The molecular formula is C25H28ClFN4O3S2. The Balaban J connectivity index is 1.34. The van der Waals surface area contributed by atoms with Gasteiger partial charge in [0.25, 0.3) is 0 Å². The Morgan fingerprint density at radius 2 is 2.08 bits per heavy atom. The second kappa shape index (κ2) is 9.55. The van der Waals surface area contributed by atoms with Crippen molar-refractivity contribution in [2.45, 2.75) is 50.6 Å². The van der Waals surface area contributed by atoms with Gasteiger partial charge in [0.2, 0.25) is 15.9 Å². The minimum absolute atomic E-state index is 0.0916.